The zero-order valence-electron chi connectivity index (χ0n) is 9.32. The summed E-state index contributed by atoms with van der Waals surface area (Å²) < 4.78 is 5.49. The Bertz CT molecular complexity index is 529. The molecular formula is C13H13ClN2O. The third-order valence-electron chi connectivity index (χ3n) is 3.32. The Hall–Kier alpha value is -1.32. The molecule has 1 aliphatic rings. The Labute approximate surface area is 105 Å². The molecule has 0 bridgehead atoms. The monoisotopic (exact) mass is 248 g/mol. The van der Waals surface area contributed by atoms with Crippen LogP contribution in [0, 0.1) is 0 Å². The largest absolute Gasteiger partial charge is 0.446 e. The summed E-state index contributed by atoms with van der Waals surface area (Å²) in [6.07, 6.45) is 4.71. The highest BCUT2D eigenvalue weighted by Gasteiger charge is 2.39. The van der Waals surface area contributed by atoms with Crippen molar-refractivity contribution in [2.24, 2.45) is 5.73 Å². The molecule has 1 aromatic heterocycles. The van der Waals surface area contributed by atoms with E-state index in [1.54, 1.807) is 6.26 Å². The second-order valence-corrected chi connectivity index (χ2v) is 4.99. The summed E-state index contributed by atoms with van der Waals surface area (Å²) in [5.74, 6) is 0.647. The lowest BCUT2D eigenvalue weighted by Gasteiger charge is -2.34. The lowest BCUT2D eigenvalue weighted by Crippen LogP contribution is -2.43. The summed E-state index contributed by atoms with van der Waals surface area (Å²) in [6, 6.07) is 7.53. The Morgan fingerprint density at radius 2 is 1.94 bits per heavy atom. The number of nitrogens with zero attached hydrogens (tertiary/aromatic N) is 1. The fourth-order valence-corrected chi connectivity index (χ4v) is 2.15. The number of hydrogen-bond acceptors (Lipinski definition) is 3. The molecule has 3 rings (SSSR count). The molecule has 2 aromatic rings. The molecular weight excluding hydrogens is 236 g/mol. The minimum atomic E-state index is -0.343. The van der Waals surface area contributed by atoms with Crippen molar-refractivity contribution in [3.8, 4) is 11.3 Å². The fraction of sp³-hybridized carbons (Fsp3) is 0.308. The van der Waals surface area contributed by atoms with Crippen LogP contribution in [0.1, 0.15) is 25.2 Å². The van der Waals surface area contributed by atoms with Crippen molar-refractivity contribution in [1.82, 2.24) is 4.98 Å². The minimum absolute atomic E-state index is 0.343. The Balaban J connectivity index is 1.92. The molecule has 0 unspecified atom stereocenters. The molecule has 88 valence electrons. The summed E-state index contributed by atoms with van der Waals surface area (Å²) in [7, 11) is 0. The van der Waals surface area contributed by atoms with Crippen LogP contribution in [0.2, 0.25) is 5.02 Å². The van der Waals surface area contributed by atoms with Gasteiger partial charge in [0.15, 0.2) is 0 Å². The minimum Gasteiger partial charge on any atom is -0.446 e. The van der Waals surface area contributed by atoms with Gasteiger partial charge >= 0.3 is 0 Å². The van der Waals surface area contributed by atoms with Crippen molar-refractivity contribution >= 4 is 11.6 Å². The maximum absolute atomic E-state index is 6.16. The second kappa shape index (κ2) is 3.86. The molecule has 17 heavy (non-hydrogen) atoms. The van der Waals surface area contributed by atoms with E-state index in [1.807, 2.05) is 24.3 Å². The van der Waals surface area contributed by atoms with Gasteiger partial charge in [0.2, 0.25) is 5.89 Å². The molecule has 0 spiro atoms. The number of nitrogens with two attached hydrogens (primary N) is 1. The number of rotatable bonds is 2. The molecule has 1 fully saturated rings. The Kier molecular flexibility index (Phi) is 2.45. The highest BCUT2D eigenvalue weighted by atomic mass is 35.5. The molecule has 1 aromatic carbocycles. The van der Waals surface area contributed by atoms with Crippen molar-refractivity contribution in [3.63, 3.8) is 0 Å². The van der Waals surface area contributed by atoms with Gasteiger partial charge in [0, 0.05) is 10.6 Å². The third-order valence-corrected chi connectivity index (χ3v) is 3.57. The van der Waals surface area contributed by atoms with Gasteiger partial charge in [-0.1, -0.05) is 23.7 Å². The van der Waals surface area contributed by atoms with Gasteiger partial charge in [-0.3, -0.25) is 0 Å². The summed E-state index contributed by atoms with van der Waals surface area (Å²) >= 11 is 5.84. The SMILES string of the molecule is NC1(c2nc(-c3ccc(Cl)cc3)co2)CCC1. The molecule has 0 aliphatic heterocycles. The molecule has 1 heterocycles. The van der Waals surface area contributed by atoms with E-state index in [0.29, 0.717) is 10.9 Å². The van der Waals surface area contributed by atoms with E-state index in [2.05, 4.69) is 4.98 Å². The first-order valence-corrected chi connectivity index (χ1v) is 6.06. The normalized spacial score (nSPS) is 17.8. The van der Waals surface area contributed by atoms with Gasteiger partial charge in [-0.25, -0.2) is 4.98 Å². The molecule has 1 aliphatic carbocycles. The van der Waals surface area contributed by atoms with Gasteiger partial charge in [-0.15, -0.1) is 0 Å². The van der Waals surface area contributed by atoms with Crippen LogP contribution in [-0.4, -0.2) is 4.98 Å². The predicted molar refractivity (Wildman–Crippen MR) is 66.7 cm³/mol. The first kappa shape index (κ1) is 10.8. The number of benzene rings is 1. The predicted octanol–water partition coefficient (Wildman–Crippen LogP) is 3.33. The summed E-state index contributed by atoms with van der Waals surface area (Å²) in [5.41, 5.74) is 7.63. The first-order valence-electron chi connectivity index (χ1n) is 5.68. The molecule has 0 atom stereocenters. The molecule has 0 saturated heterocycles. The van der Waals surface area contributed by atoms with E-state index < -0.39 is 0 Å². The fourth-order valence-electron chi connectivity index (χ4n) is 2.03. The average Bonchev–Trinajstić information content (AvgIpc) is 2.76. The van der Waals surface area contributed by atoms with Gasteiger partial charge in [0.05, 0.1) is 5.54 Å². The topological polar surface area (TPSA) is 52.0 Å². The van der Waals surface area contributed by atoms with Crippen LogP contribution in [0.3, 0.4) is 0 Å². The molecule has 4 heteroatoms. The van der Waals surface area contributed by atoms with Gasteiger partial charge in [0.1, 0.15) is 12.0 Å². The smallest absolute Gasteiger partial charge is 0.214 e. The number of hydrogen-bond donors (Lipinski definition) is 1. The standard InChI is InChI=1S/C13H13ClN2O/c14-10-4-2-9(3-5-10)11-8-17-12(16-11)13(15)6-1-7-13/h2-5,8H,1,6-7,15H2. The Morgan fingerprint density at radius 1 is 1.24 bits per heavy atom. The molecule has 1 saturated carbocycles. The van der Waals surface area contributed by atoms with Crippen molar-refractivity contribution in [3.05, 3.63) is 41.4 Å². The lowest BCUT2D eigenvalue weighted by molar-refractivity contribution is 0.199. The zero-order valence-corrected chi connectivity index (χ0v) is 10.1. The number of oxazole rings is 1. The first-order chi connectivity index (χ1) is 8.17. The molecule has 3 nitrogen and oxygen atoms in total. The number of halogens is 1. The summed E-state index contributed by atoms with van der Waals surface area (Å²) in [5, 5.41) is 0.715. The summed E-state index contributed by atoms with van der Waals surface area (Å²) in [6.45, 7) is 0. The summed E-state index contributed by atoms with van der Waals surface area (Å²) in [4.78, 5) is 4.47. The van der Waals surface area contributed by atoms with Crippen LogP contribution in [0.5, 0.6) is 0 Å². The van der Waals surface area contributed by atoms with E-state index in [-0.39, 0.29) is 5.54 Å². The second-order valence-electron chi connectivity index (χ2n) is 4.55. The van der Waals surface area contributed by atoms with Gasteiger partial charge < -0.3 is 10.2 Å². The molecule has 2 N–H and O–H groups in total. The highest BCUT2D eigenvalue weighted by Crippen LogP contribution is 2.38. The van der Waals surface area contributed by atoms with E-state index >= 15 is 0 Å². The van der Waals surface area contributed by atoms with E-state index in [9.17, 15) is 0 Å². The third kappa shape index (κ3) is 1.85. The van der Waals surface area contributed by atoms with Crippen LogP contribution < -0.4 is 5.73 Å². The average molecular weight is 249 g/mol. The quantitative estimate of drug-likeness (QED) is 0.887. The van der Waals surface area contributed by atoms with Crippen LogP contribution in [-0.2, 0) is 5.54 Å². The van der Waals surface area contributed by atoms with Crippen LogP contribution in [0.15, 0.2) is 34.9 Å². The lowest BCUT2D eigenvalue weighted by atomic mass is 9.78. The van der Waals surface area contributed by atoms with Gasteiger partial charge in [0.25, 0.3) is 0 Å². The van der Waals surface area contributed by atoms with E-state index in [0.717, 1.165) is 30.5 Å². The Morgan fingerprint density at radius 3 is 2.53 bits per heavy atom. The van der Waals surface area contributed by atoms with Crippen molar-refractivity contribution in [2.45, 2.75) is 24.8 Å². The van der Waals surface area contributed by atoms with Gasteiger partial charge in [-0.2, -0.15) is 0 Å². The van der Waals surface area contributed by atoms with Crippen molar-refractivity contribution in [2.75, 3.05) is 0 Å². The van der Waals surface area contributed by atoms with Crippen LogP contribution in [0.4, 0.5) is 0 Å². The van der Waals surface area contributed by atoms with Crippen molar-refractivity contribution < 1.29 is 4.42 Å². The maximum Gasteiger partial charge on any atom is 0.214 e. The molecule has 0 amide bonds. The van der Waals surface area contributed by atoms with Crippen molar-refractivity contribution in [1.29, 1.82) is 0 Å². The maximum atomic E-state index is 6.16. The van der Waals surface area contributed by atoms with Gasteiger partial charge in [-0.05, 0) is 31.4 Å². The van der Waals surface area contributed by atoms with E-state index in [1.165, 1.54) is 0 Å². The zero-order chi connectivity index (χ0) is 11.9. The van der Waals surface area contributed by atoms with Crippen LogP contribution in [0.25, 0.3) is 11.3 Å². The number of aromatic nitrogens is 1. The van der Waals surface area contributed by atoms with E-state index in [4.69, 9.17) is 21.8 Å². The highest BCUT2D eigenvalue weighted by molar-refractivity contribution is 6.30. The van der Waals surface area contributed by atoms with Crippen LogP contribution >= 0.6 is 11.6 Å². The molecule has 0 radical (unpaired) electrons.